The highest BCUT2D eigenvalue weighted by Gasteiger charge is 2.05. The van der Waals surface area contributed by atoms with E-state index in [2.05, 4.69) is 50.5 Å². The highest BCUT2D eigenvalue weighted by atomic mass is 16.5. The van der Waals surface area contributed by atoms with E-state index in [1.165, 1.54) is 22.5 Å². The quantitative estimate of drug-likeness (QED) is 0.568. The maximum atomic E-state index is 12.0. The van der Waals surface area contributed by atoms with Crippen molar-refractivity contribution < 1.29 is 4.74 Å². The Morgan fingerprint density at radius 1 is 1.04 bits per heavy atom. The number of ether oxygens (including phenoxy) is 1. The van der Waals surface area contributed by atoms with Crippen molar-refractivity contribution in [2.75, 3.05) is 6.61 Å². The Labute approximate surface area is 143 Å². The largest absolute Gasteiger partial charge is 0.373 e. The summed E-state index contributed by atoms with van der Waals surface area (Å²) in [6.07, 6.45) is 2.27. The second-order valence-electron chi connectivity index (χ2n) is 5.77. The molecule has 2 heterocycles. The topological polar surface area (TPSA) is 80.8 Å². The molecule has 0 spiro atoms. The Kier molecular flexibility index (Phi) is 4.18. The Morgan fingerprint density at radius 3 is 2.84 bits per heavy atom. The van der Waals surface area contributed by atoms with Crippen LogP contribution in [-0.2, 0) is 17.8 Å². The zero-order valence-corrected chi connectivity index (χ0v) is 13.5. The number of nitrogens with one attached hydrogen (secondary N) is 1. The minimum Gasteiger partial charge on any atom is -0.373 e. The maximum absolute atomic E-state index is 12.0. The van der Waals surface area contributed by atoms with Crippen molar-refractivity contribution in [2.24, 2.45) is 0 Å². The van der Waals surface area contributed by atoms with E-state index >= 15 is 0 Å². The summed E-state index contributed by atoms with van der Waals surface area (Å²) in [7, 11) is 0. The lowest BCUT2D eigenvalue weighted by Crippen LogP contribution is -2.14. The van der Waals surface area contributed by atoms with E-state index in [9.17, 15) is 4.79 Å². The van der Waals surface area contributed by atoms with Gasteiger partial charge in [0.1, 0.15) is 12.4 Å². The molecule has 124 valence electrons. The summed E-state index contributed by atoms with van der Waals surface area (Å²) in [4.78, 5) is 18.9. The summed E-state index contributed by atoms with van der Waals surface area (Å²) in [5, 5.41) is 10.5. The van der Waals surface area contributed by atoms with Crippen LogP contribution in [0, 0.1) is 0 Å². The molecule has 2 aromatic carbocycles. The number of fused-ring (bicyclic) bond motifs is 2. The van der Waals surface area contributed by atoms with Crippen LogP contribution in [0.1, 0.15) is 11.4 Å². The number of nitrogens with zero attached hydrogens (tertiary/aromatic N) is 3. The van der Waals surface area contributed by atoms with Crippen LogP contribution in [0.15, 0.2) is 59.5 Å². The van der Waals surface area contributed by atoms with Crippen LogP contribution in [0.4, 0.5) is 0 Å². The summed E-state index contributed by atoms with van der Waals surface area (Å²) >= 11 is 0. The van der Waals surface area contributed by atoms with E-state index in [-0.39, 0.29) is 12.2 Å². The van der Waals surface area contributed by atoms with Gasteiger partial charge in [-0.2, -0.15) is 5.10 Å². The molecule has 0 amide bonds. The molecule has 0 fully saturated rings. The molecule has 25 heavy (non-hydrogen) atoms. The lowest BCUT2D eigenvalue weighted by atomic mass is 10.1. The molecule has 0 unspecified atom stereocenters. The van der Waals surface area contributed by atoms with Gasteiger partial charge in [0.05, 0.1) is 18.2 Å². The van der Waals surface area contributed by atoms with Gasteiger partial charge in [-0.1, -0.05) is 42.5 Å². The van der Waals surface area contributed by atoms with Gasteiger partial charge in [-0.05, 0) is 28.8 Å². The number of rotatable bonds is 5. The maximum Gasteiger partial charge on any atom is 0.260 e. The summed E-state index contributed by atoms with van der Waals surface area (Å²) in [5.74, 6) is 0.455. The first-order valence-corrected chi connectivity index (χ1v) is 8.05. The van der Waals surface area contributed by atoms with Crippen LogP contribution in [0.5, 0.6) is 0 Å². The molecule has 0 saturated carbocycles. The molecular formula is C19H16N4O2. The van der Waals surface area contributed by atoms with E-state index in [0.717, 1.165) is 6.42 Å². The van der Waals surface area contributed by atoms with E-state index in [0.29, 0.717) is 23.5 Å². The van der Waals surface area contributed by atoms with Gasteiger partial charge in [0, 0.05) is 0 Å². The van der Waals surface area contributed by atoms with Crippen molar-refractivity contribution >= 4 is 21.8 Å². The Morgan fingerprint density at radius 2 is 1.92 bits per heavy atom. The number of aromatic nitrogens is 4. The third kappa shape index (κ3) is 3.39. The highest BCUT2D eigenvalue weighted by Crippen LogP contribution is 2.16. The SMILES string of the molecule is O=c1[nH]c(COCCc2ccc3ccccc3c2)nc2nnccc12. The molecule has 0 atom stereocenters. The smallest absolute Gasteiger partial charge is 0.260 e. The average Bonchev–Trinajstić information content (AvgIpc) is 2.65. The van der Waals surface area contributed by atoms with Gasteiger partial charge < -0.3 is 9.72 Å². The van der Waals surface area contributed by atoms with E-state index in [1.807, 2.05) is 12.1 Å². The van der Waals surface area contributed by atoms with Crippen molar-refractivity contribution in [3.63, 3.8) is 0 Å². The summed E-state index contributed by atoms with van der Waals surface area (Å²) in [6, 6.07) is 16.3. The minimum atomic E-state index is -0.229. The zero-order chi connectivity index (χ0) is 17.1. The molecule has 0 saturated heterocycles. The normalized spacial score (nSPS) is 11.2. The molecule has 0 radical (unpaired) electrons. The van der Waals surface area contributed by atoms with Crippen LogP contribution in [-0.4, -0.2) is 26.8 Å². The predicted molar refractivity (Wildman–Crippen MR) is 95.3 cm³/mol. The van der Waals surface area contributed by atoms with Crippen LogP contribution >= 0.6 is 0 Å². The first kappa shape index (κ1) is 15.4. The third-order valence-electron chi connectivity index (χ3n) is 4.03. The molecule has 0 aliphatic heterocycles. The van der Waals surface area contributed by atoms with Gasteiger partial charge in [-0.15, -0.1) is 5.10 Å². The molecule has 0 aliphatic rings. The standard InChI is InChI=1S/C19H16N4O2/c24-19-16-7-9-20-23-18(16)21-17(22-19)12-25-10-8-13-5-6-14-3-1-2-4-15(14)11-13/h1-7,9,11H,8,10,12H2,(H,21,22,23,24). The van der Waals surface area contributed by atoms with Crippen LogP contribution in [0.2, 0.25) is 0 Å². The predicted octanol–water partition coefficient (Wildman–Crippen LogP) is 2.63. The fourth-order valence-corrected chi connectivity index (χ4v) is 2.76. The van der Waals surface area contributed by atoms with Crippen LogP contribution in [0.3, 0.4) is 0 Å². The Bertz CT molecular complexity index is 1090. The molecule has 0 aliphatic carbocycles. The van der Waals surface area contributed by atoms with Gasteiger partial charge in [-0.3, -0.25) is 4.79 Å². The van der Waals surface area contributed by atoms with Gasteiger partial charge >= 0.3 is 0 Å². The molecule has 1 N–H and O–H groups in total. The van der Waals surface area contributed by atoms with Crippen molar-refractivity contribution in [1.82, 2.24) is 20.2 Å². The zero-order valence-electron chi connectivity index (χ0n) is 13.5. The number of benzene rings is 2. The molecule has 4 rings (SSSR count). The first-order valence-electron chi connectivity index (χ1n) is 8.05. The van der Waals surface area contributed by atoms with Gasteiger partial charge in [0.2, 0.25) is 0 Å². The van der Waals surface area contributed by atoms with E-state index in [1.54, 1.807) is 6.07 Å². The molecule has 2 aromatic heterocycles. The van der Waals surface area contributed by atoms with Crippen molar-refractivity contribution in [1.29, 1.82) is 0 Å². The van der Waals surface area contributed by atoms with E-state index < -0.39 is 0 Å². The minimum absolute atomic E-state index is 0.229. The number of aromatic amines is 1. The summed E-state index contributed by atoms with van der Waals surface area (Å²) in [5.41, 5.74) is 1.32. The second-order valence-corrected chi connectivity index (χ2v) is 5.77. The lowest BCUT2D eigenvalue weighted by Gasteiger charge is -2.06. The fraction of sp³-hybridized carbons (Fsp3) is 0.158. The molecule has 4 aromatic rings. The summed E-state index contributed by atoms with van der Waals surface area (Å²) < 4.78 is 5.66. The number of hydrogen-bond donors (Lipinski definition) is 1. The molecule has 0 bridgehead atoms. The summed E-state index contributed by atoms with van der Waals surface area (Å²) in [6.45, 7) is 0.774. The van der Waals surface area contributed by atoms with Gasteiger partial charge in [0.25, 0.3) is 5.56 Å². The van der Waals surface area contributed by atoms with Gasteiger partial charge in [-0.25, -0.2) is 4.98 Å². The fourth-order valence-electron chi connectivity index (χ4n) is 2.76. The second kappa shape index (κ2) is 6.78. The Balaban J connectivity index is 1.39. The first-order chi connectivity index (χ1) is 12.3. The van der Waals surface area contributed by atoms with Crippen molar-refractivity contribution in [3.05, 3.63) is 76.5 Å². The molecule has 6 nitrogen and oxygen atoms in total. The third-order valence-corrected chi connectivity index (χ3v) is 4.03. The van der Waals surface area contributed by atoms with E-state index in [4.69, 9.17) is 4.74 Å². The average molecular weight is 332 g/mol. The van der Waals surface area contributed by atoms with Crippen LogP contribution < -0.4 is 5.56 Å². The van der Waals surface area contributed by atoms with Crippen molar-refractivity contribution in [3.8, 4) is 0 Å². The van der Waals surface area contributed by atoms with Crippen molar-refractivity contribution in [2.45, 2.75) is 13.0 Å². The molecule has 6 heteroatoms. The Hall–Kier alpha value is -3.12. The van der Waals surface area contributed by atoms with Gasteiger partial charge in [0.15, 0.2) is 5.65 Å². The number of H-pyrrole nitrogens is 1. The lowest BCUT2D eigenvalue weighted by molar-refractivity contribution is 0.118. The molecular weight excluding hydrogens is 316 g/mol. The monoisotopic (exact) mass is 332 g/mol. The van der Waals surface area contributed by atoms with Crippen LogP contribution in [0.25, 0.3) is 21.8 Å². The highest BCUT2D eigenvalue weighted by molar-refractivity contribution is 5.83. The number of hydrogen-bond acceptors (Lipinski definition) is 5.